The Labute approximate surface area is 113 Å². The highest BCUT2D eigenvalue weighted by molar-refractivity contribution is 5.35. The number of rotatable bonds is 1. The Morgan fingerprint density at radius 2 is 2.05 bits per heavy atom. The Morgan fingerprint density at radius 3 is 3.05 bits per heavy atom. The summed E-state index contributed by atoms with van der Waals surface area (Å²) in [5.41, 5.74) is 5.60. The van der Waals surface area contributed by atoms with E-state index in [1.165, 1.54) is 35.2 Å². The first-order valence-electron chi connectivity index (χ1n) is 7.01. The van der Waals surface area contributed by atoms with Gasteiger partial charge in [-0.1, -0.05) is 24.3 Å². The lowest BCUT2D eigenvalue weighted by Gasteiger charge is -2.33. The number of aromatic nitrogens is 2. The van der Waals surface area contributed by atoms with Gasteiger partial charge in [0.25, 0.3) is 0 Å². The summed E-state index contributed by atoms with van der Waals surface area (Å²) < 4.78 is 0. The Morgan fingerprint density at radius 1 is 1.11 bits per heavy atom. The molecule has 19 heavy (non-hydrogen) atoms. The molecule has 0 radical (unpaired) electrons. The van der Waals surface area contributed by atoms with Gasteiger partial charge in [-0.05, 0) is 24.0 Å². The maximum Gasteiger partial charge on any atom is 0.115 e. The highest BCUT2D eigenvalue weighted by Gasteiger charge is 2.30. The van der Waals surface area contributed by atoms with Gasteiger partial charge in [0.1, 0.15) is 6.33 Å². The molecule has 0 saturated carbocycles. The molecule has 1 aliphatic carbocycles. The number of benzene rings is 1. The molecule has 0 amide bonds. The van der Waals surface area contributed by atoms with E-state index in [1.807, 2.05) is 6.20 Å². The van der Waals surface area contributed by atoms with Gasteiger partial charge in [-0.3, -0.25) is 4.90 Å². The van der Waals surface area contributed by atoms with Crippen molar-refractivity contribution >= 4 is 0 Å². The van der Waals surface area contributed by atoms with Gasteiger partial charge >= 0.3 is 0 Å². The Bertz CT molecular complexity index is 608. The van der Waals surface area contributed by atoms with Crippen LogP contribution in [0.15, 0.2) is 36.8 Å². The van der Waals surface area contributed by atoms with Crippen LogP contribution in [0.5, 0.6) is 0 Å². The molecule has 3 heteroatoms. The van der Waals surface area contributed by atoms with Crippen LogP contribution >= 0.6 is 0 Å². The summed E-state index contributed by atoms with van der Waals surface area (Å²) in [6, 6.07) is 9.48. The minimum atomic E-state index is 0.588. The summed E-state index contributed by atoms with van der Waals surface area (Å²) in [5.74, 6) is 0. The molecule has 2 heterocycles. The van der Waals surface area contributed by atoms with E-state index in [2.05, 4.69) is 39.1 Å². The molecular weight excluding hydrogens is 234 g/mol. The summed E-state index contributed by atoms with van der Waals surface area (Å²) in [7, 11) is 0. The number of nitrogens with zero attached hydrogens (tertiary/aromatic N) is 3. The second kappa shape index (κ2) is 4.42. The fourth-order valence-corrected chi connectivity index (χ4v) is 3.47. The van der Waals surface area contributed by atoms with E-state index in [0.717, 1.165) is 19.5 Å². The van der Waals surface area contributed by atoms with Crippen molar-refractivity contribution in [2.24, 2.45) is 0 Å². The van der Waals surface area contributed by atoms with Crippen LogP contribution in [0.25, 0.3) is 0 Å². The summed E-state index contributed by atoms with van der Waals surface area (Å²) in [6.07, 6.45) is 7.17. The predicted molar refractivity (Wildman–Crippen MR) is 73.7 cm³/mol. The van der Waals surface area contributed by atoms with Crippen molar-refractivity contribution in [3.05, 3.63) is 59.2 Å². The lowest BCUT2D eigenvalue weighted by Crippen LogP contribution is -2.33. The van der Waals surface area contributed by atoms with Crippen LogP contribution < -0.4 is 0 Å². The highest BCUT2D eigenvalue weighted by atomic mass is 15.2. The van der Waals surface area contributed by atoms with E-state index in [9.17, 15) is 0 Å². The van der Waals surface area contributed by atoms with Crippen LogP contribution in [0.4, 0.5) is 0 Å². The largest absolute Gasteiger partial charge is 0.292 e. The normalized spacial score (nSPS) is 22.0. The zero-order valence-corrected chi connectivity index (χ0v) is 10.9. The van der Waals surface area contributed by atoms with Crippen molar-refractivity contribution in [3.63, 3.8) is 0 Å². The molecule has 3 nitrogen and oxygen atoms in total. The van der Waals surface area contributed by atoms with Gasteiger partial charge < -0.3 is 0 Å². The molecule has 2 aliphatic rings. The van der Waals surface area contributed by atoms with E-state index in [0.29, 0.717) is 6.04 Å². The molecule has 1 aromatic heterocycles. The maximum absolute atomic E-state index is 4.39. The van der Waals surface area contributed by atoms with Crippen LogP contribution in [0.3, 0.4) is 0 Å². The zero-order valence-electron chi connectivity index (χ0n) is 10.9. The van der Waals surface area contributed by atoms with E-state index in [-0.39, 0.29) is 0 Å². The van der Waals surface area contributed by atoms with Crippen molar-refractivity contribution in [1.82, 2.24) is 14.9 Å². The molecule has 0 spiro atoms. The average Bonchev–Trinajstić information content (AvgIpc) is 2.91. The van der Waals surface area contributed by atoms with Crippen molar-refractivity contribution in [2.45, 2.75) is 31.8 Å². The van der Waals surface area contributed by atoms with Gasteiger partial charge in [0.05, 0.1) is 0 Å². The van der Waals surface area contributed by atoms with Crippen LogP contribution in [0.1, 0.15) is 34.8 Å². The number of hydrogen-bond donors (Lipinski definition) is 0. The van der Waals surface area contributed by atoms with Gasteiger partial charge in [0, 0.05) is 43.0 Å². The van der Waals surface area contributed by atoms with Gasteiger partial charge in [-0.2, -0.15) is 0 Å². The second-order valence-corrected chi connectivity index (χ2v) is 5.47. The first kappa shape index (κ1) is 11.1. The highest BCUT2D eigenvalue weighted by Crippen LogP contribution is 2.37. The van der Waals surface area contributed by atoms with Gasteiger partial charge in [0.15, 0.2) is 0 Å². The van der Waals surface area contributed by atoms with Crippen molar-refractivity contribution in [2.75, 3.05) is 6.54 Å². The average molecular weight is 251 g/mol. The quantitative estimate of drug-likeness (QED) is 0.780. The third-order valence-electron chi connectivity index (χ3n) is 4.43. The SMILES string of the molecule is c1ccc2c(c1)CCC2N1CCc2ncncc2C1. The van der Waals surface area contributed by atoms with Crippen molar-refractivity contribution in [3.8, 4) is 0 Å². The summed E-state index contributed by atoms with van der Waals surface area (Å²) in [4.78, 5) is 11.1. The molecule has 0 bridgehead atoms. The molecular formula is C16H17N3. The Balaban J connectivity index is 1.63. The minimum Gasteiger partial charge on any atom is -0.292 e. The Kier molecular flexibility index (Phi) is 2.59. The second-order valence-electron chi connectivity index (χ2n) is 5.47. The first-order chi connectivity index (χ1) is 9.42. The monoisotopic (exact) mass is 251 g/mol. The van der Waals surface area contributed by atoms with Gasteiger partial charge in [-0.15, -0.1) is 0 Å². The van der Waals surface area contributed by atoms with Gasteiger partial charge in [-0.25, -0.2) is 9.97 Å². The molecule has 2 aromatic rings. The molecule has 96 valence electrons. The molecule has 1 unspecified atom stereocenters. The number of aryl methyl sites for hydroxylation is 1. The molecule has 1 atom stereocenters. The van der Waals surface area contributed by atoms with Crippen LogP contribution in [0, 0.1) is 0 Å². The predicted octanol–water partition coefficient (Wildman–Crippen LogP) is 2.52. The summed E-state index contributed by atoms with van der Waals surface area (Å²) >= 11 is 0. The van der Waals surface area contributed by atoms with Crippen LogP contribution in [0.2, 0.25) is 0 Å². The molecule has 0 fully saturated rings. The van der Waals surface area contributed by atoms with Gasteiger partial charge in [0.2, 0.25) is 0 Å². The minimum absolute atomic E-state index is 0.588. The molecule has 0 N–H and O–H groups in total. The van der Waals surface area contributed by atoms with Crippen LogP contribution in [-0.2, 0) is 19.4 Å². The lowest BCUT2D eigenvalue weighted by molar-refractivity contribution is 0.177. The van der Waals surface area contributed by atoms with Crippen molar-refractivity contribution < 1.29 is 0 Å². The molecule has 0 saturated heterocycles. The fraction of sp³-hybridized carbons (Fsp3) is 0.375. The fourth-order valence-electron chi connectivity index (χ4n) is 3.47. The summed E-state index contributed by atoms with van der Waals surface area (Å²) in [6.45, 7) is 2.11. The lowest BCUT2D eigenvalue weighted by atomic mass is 10.0. The topological polar surface area (TPSA) is 29.0 Å². The number of fused-ring (bicyclic) bond motifs is 2. The first-order valence-corrected chi connectivity index (χ1v) is 7.01. The van der Waals surface area contributed by atoms with Crippen molar-refractivity contribution in [1.29, 1.82) is 0 Å². The van der Waals surface area contributed by atoms with E-state index < -0.39 is 0 Å². The van der Waals surface area contributed by atoms with E-state index in [1.54, 1.807) is 6.33 Å². The molecule has 4 rings (SSSR count). The van der Waals surface area contributed by atoms with E-state index >= 15 is 0 Å². The standard InChI is InChI=1S/C16H17N3/c1-2-4-14-12(3-1)5-6-16(14)19-8-7-15-13(10-19)9-17-11-18-15/h1-4,9,11,16H,5-8,10H2. The molecule has 1 aromatic carbocycles. The smallest absolute Gasteiger partial charge is 0.115 e. The third-order valence-corrected chi connectivity index (χ3v) is 4.43. The molecule has 1 aliphatic heterocycles. The van der Waals surface area contributed by atoms with Crippen LogP contribution in [-0.4, -0.2) is 21.4 Å². The Hall–Kier alpha value is -1.74. The summed E-state index contributed by atoms with van der Waals surface area (Å²) in [5, 5.41) is 0. The third kappa shape index (κ3) is 1.85. The zero-order chi connectivity index (χ0) is 12.7. The number of hydrogen-bond acceptors (Lipinski definition) is 3. The van der Waals surface area contributed by atoms with E-state index in [4.69, 9.17) is 0 Å². The maximum atomic E-state index is 4.39.